The maximum Gasteiger partial charge on any atom is 0.417 e. The Bertz CT molecular complexity index is 950. The highest BCUT2D eigenvalue weighted by atomic mass is 35.5. The number of hydrogen-bond acceptors (Lipinski definition) is 3. The van der Waals surface area contributed by atoms with Crippen molar-refractivity contribution >= 4 is 11.6 Å². The summed E-state index contributed by atoms with van der Waals surface area (Å²) in [5, 5.41) is 0.636. The van der Waals surface area contributed by atoms with Crippen molar-refractivity contribution in [3.63, 3.8) is 0 Å². The molecule has 0 saturated carbocycles. The number of ether oxygens (including phenoxy) is 1. The molecule has 1 aromatic heterocycles. The van der Waals surface area contributed by atoms with Crippen LogP contribution in [0.1, 0.15) is 44.7 Å². The van der Waals surface area contributed by atoms with E-state index in [1.807, 2.05) is 64.1 Å². The second-order valence-corrected chi connectivity index (χ2v) is 9.41. The highest BCUT2D eigenvalue weighted by Gasteiger charge is 2.38. The molecule has 0 fully saturated rings. The minimum absolute atomic E-state index is 0.131. The number of hydrogen-bond donors (Lipinski definition) is 0. The van der Waals surface area contributed by atoms with Gasteiger partial charge in [-0.15, -0.1) is 0 Å². The minimum Gasteiger partial charge on any atom is -0.349 e. The average molecular weight is 465 g/mol. The summed E-state index contributed by atoms with van der Waals surface area (Å²) in [6.07, 6.45) is 2.75. The fraction of sp³-hybridized carbons (Fsp3) is 0.400. The quantitative estimate of drug-likeness (QED) is 0.464. The van der Waals surface area contributed by atoms with E-state index in [1.165, 1.54) is 12.3 Å². The lowest BCUT2D eigenvalue weighted by Gasteiger charge is -2.42. The van der Waals surface area contributed by atoms with Gasteiger partial charge in [-0.25, -0.2) is 0 Å². The van der Waals surface area contributed by atoms with E-state index in [1.54, 1.807) is 17.3 Å². The topological polar surface area (TPSA) is 25.4 Å². The van der Waals surface area contributed by atoms with Crippen molar-refractivity contribution in [2.75, 3.05) is 0 Å². The van der Waals surface area contributed by atoms with Crippen LogP contribution >= 0.6 is 11.6 Å². The molecule has 1 aliphatic rings. The van der Waals surface area contributed by atoms with E-state index in [-0.39, 0.29) is 12.0 Å². The molecule has 0 saturated heterocycles. The van der Waals surface area contributed by atoms with Crippen molar-refractivity contribution in [2.45, 2.75) is 64.1 Å². The standard InChI is InChI=1S/C25H28ClF3N2O/c1-17(31-16-20(25(27,28)29)9-12-23(31)32-24(2,3)4)22(19-6-5-13-30-15-19)14-18-7-10-21(26)11-8-18/h5-13,15-17,22-23H,14H2,1-4H3. The van der Waals surface area contributed by atoms with Crippen molar-refractivity contribution in [3.8, 4) is 0 Å². The Labute approximate surface area is 192 Å². The third-order valence-corrected chi connectivity index (χ3v) is 5.61. The van der Waals surface area contributed by atoms with Gasteiger partial charge in [0.2, 0.25) is 0 Å². The van der Waals surface area contributed by atoms with Gasteiger partial charge in [0.1, 0.15) is 6.23 Å². The first-order valence-corrected chi connectivity index (χ1v) is 10.9. The zero-order valence-electron chi connectivity index (χ0n) is 18.6. The Morgan fingerprint density at radius 1 is 1.12 bits per heavy atom. The van der Waals surface area contributed by atoms with Crippen molar-refractivity contribution in [1.82, 2.24) is 9.88 Å². The third kappa shape index (κ3) is 6.36. The van der Waals surface area contributed by atoms with Gasteiger partial charge < -0.3 is 9.64 Å². The Balaban J connectivity index is 2.00. The SMILES string of the molecule is CC(C(Cc1ccc(Cl)cc1)c1cccnc1)N1C=C(C(F)(F)F)C=CC1OC(C)(C)C. The van der Waals surface area contributed by atoms with Crippen LogP contribution in [0.25, 0.3) is 0 Å². The number of halogens is 4. The number of benzene rings is 1. The molecule has 2 aromatic rings. The summed E-state index contributed by atoms with van der Waals surface area (Å²) in [5.41, 5.74) is 0.753. The highest BCUT2D eigenvalue weighted by Crippen LogP contribution is 2.36. The second-order valence-electron chi connectivity index (χ2n) is 8.97. The van der Waals surface area contributed by atoms with Crippen LogP contribution in [0.4, 0.5) is 13.2 Å². The summed E-state index contributed by atoms with van der Waals surface area (Å²) in [6, 6.07) is 11.0. The maximum atomic E-state index is 13.5. The molecular formula is C25H28ClF3N2O. The molecule has 32 heavy (non-hydrogen) atoms. The molecule has 0 amide bonds. The summed E-state index contributed by atoms with van der Waals surface area (Å²) in [4.78, 5) is 5.91. The molecule has 0 N–H and O–H groups in total. The molecule has 7 heteroatoms. The van der Waals surface area contributed by atoms with Crippen LogP contribution in [0.3, 0.4) is 0 Å². The van der Waals surface area contributed by atoms with Crippen molar-refractivity contribution < 1.29 is 17.9 Å². The molecule has 0 bridgehead atoms. The van der Waals surface area contributed by atoms with Crippen LogP contribution in [0.15, 0.2) is 72.7 Å². The van der Waals surface area contributed by atoms with Gasteiger partial charge in [0.15, 0.2) is 0 Å². The summed E-state index contributed by atoms with van der Waals surface area (Å²) >= 11 is 6.03. The summed E-state index contributed by atoms with van der Waals surface area (Å²) in [5.74, 6) is -0.131. The van der Waals surface area contributed by atoms with E-state index in [4.69, 9.17) is 16.3 Å². The van der Waals surface area contributed by atoms with E-state index in [9.17, 15) is 13.2 Å². The number of alkyl halides is 3. The number of nitrogens with zero attached hydrogens (tertiary/aromatic N) is 2. The zero-order valence-corrected chi connectivity index (χ0v) is 19.4. The van der Waals surface area contributed by atoms with Crippen LogP contribution in [0.5, 0.6) is 0 Å². The molecular weight excluding hydrogens is 437 g/mol. The lowest BCUT2D eigenvalue weighted by Crippen LogP contribution is -2.46. The number of aromatic nitrogens is 1. The first-order chi connectivity index (χ1) is 14.9. The van der Waals surface area contributed by atoms with Crippen LogP contribution in [0, 0.1) is 0 Å². The molecule has 0 aliphatic carbocycles. The minimum atomic E-state index is -4.44. The molecule has 0 spiro atoms. The highest BCUT2D eigenvalue weighted by molar-refractivity contribution is 6.30. The van der Waals surface area contributed by atoms with Gasteiger partial charge in [-0.05, 0) is 75.6 Å². The van der Waals surface area contributed by atoms with Gasteiger partial charge in [-0.1, -0.05) is 29.8 Å². The Morgan fingerprint density at radius 2 is 1.81 bits per heavy atom. The smallest absolute Gasteiger partial charge is 0.349 e. The predicted octanol–water partition coefficient (Wildman–Crippen LogP) is 6.91. The van der Waals surface area contributed by atoms with Crippen LogP contribution in [-0.4, -0.2) is 33.9 Å². The lowest BCUT2D eigenvalue weighted by molar-refractivity contribution is -0.114. The molecule has 3 nitrogen and oxygen atoms in total. The average Bonchev–Trinajstić information content (AvgIpc) is 2.72. The number of rotatable bonds is 6. The predicted molar refractivity (Wildman–Crippen MR) is 121 cm³/mol. The van der Waals surface area contributed by atoms with Crippen LogP contribution in [-0.2, 0) is 11.2 Å². The van der Waals surface area contributed by atoms with Gasteiger partial charge in [0.25, 0.3) is 0 Å². The fourth-order valence-corrected chi connectivity index (χ4v) is 3.91. The van der Waals surface area contributed by atoms with E-state index >= 15 is 0 Å². The molecule has 1 aromatic carbocycles. The third-order valence-electron chi connectivity index (χ3n) is 5.36. The molecule has 172 valence electrons. The van der Waals surface area contributed by atoms with E-state index in [0.29, 0.717) is 11.4 Å². The first kappa shape index (κ1) is 24.3. The van der Waals surface area contributed by atoms with E-state index in [0.717, 1.165) is 17.2 Å². The first-order valence-electron chi connectivity index (χ1n) is 10.5. The normalized spacial score (nSPS) is 18.9. The maximum absolute atomic E-state index is 13.5. The Hall–Kier alpha value is -2.31. The monoisotopic (exact) mass is 464 g/mol. The molecule has 1 aliphatic heterocycles. The van der Waals surface area contributed by atoms with Crippen molar-refractivity contribution in [3.05, 3.63) is 88.9 Å². The van der Waals surface area contributed by atoms with Crippen LogP contribution < -0.4 is 0 Å². The molecule has 3 rings (SSSR count). The summed E-state index contributed by atoms with van der Waals surface area (Å²) in [6.45, 7) is 7.59. The Morgan fingerprint density at radius 3 is 2.38 bits per heavy atom. The molecule has 3 unspecified atom stereocenters. The molecule has 0 radical (unpaired) electrons. The van der Waals surface area contributed by atoms with E-state index in [2.05, 4.69) is 4.98 Å². The van der Waals surface area contributed by atoms with Crippen molar-refractivity contribution in [1.29, 1.82) is 0 Å². The fourth-order valence-electron chi connectivity index (χ4n) is 3.79. The van der Waals surface area contributed by atoms with Gasteiger partial charge >= 0.3 is 6.18 Å². The van der Waals surface area contributed by atoms with E-state index < -0.39 is 23.6 Å². The van der Waals surface area contributed by atoms with Gasteiger partial charge in [0.05, 0.1) is 11.2 Å². The number of pyridine rings is 1. The summed E-state index contributed by atoms with van der Waals surface area (Å²) < 4.78 is 46.7. The van der Waals surface area contributed by atoms with Crippen molar-refractivity contribution in [2.24, 2.45) is 0 Å². The molecule has 3 atom stereocenters. The summed E-state index contributed by atoms with van der Waals surface area (Å²) in [7, 11) is 0. The number of allylic oxidation sites excluding steroid dienone is 2. The second kappa shape index (κ2) is 9.67. The van der Waals surface area contributed by atoms with Gasteiger partial charge in [-0.2, -0.15) is 13.2 Å². The lowest BCUT2D eigenvalue weighted by atomic mass is 9.86. The van der Waals surface area contributed by atoms with Gasteiger partial charge in [-0.3, -0.25) is 4.98 Å². The molecule has 2 heterocycles. The largest absolute Gasteiger partial charge is 0.417 e. The zero-order chi connectivity index (χ0) is 23.5. The Kier molecular flexibility index (Phi) is 7.36. The van der Waals surface area contributed by atoms with Gasteiger partial charge in [0, 0.05) is 35.6 Å². The van der Waals surface area contributed by atoms with Crippen LogP contribution in [0.2, 0.25) is 5.02 Å².